The first kappa shape index (κ1) is 22.2. The van der Waals surface area contributed by atoms with E-state index in [0.29, 0.717) is 29.1 Å². The number of fused-ring (bicyclic) bond motifs is 2. The minimum Gasteiger partial charge on any atom is -0.354 e. The highest BCUT2D eigenvalue weighted by Gasteiger charge is 2.58. The predicted molar refractivity (Wildman–Crippen MR) is 119 cm³/mol. The van der Waals surface area contributed by atoms with Crippen molar-refractivity contribution in [1.82, 2.24) is 30.3 Å². The Balaban J connectivity index is 1.41. The van der Waals surface area contributed by atoms with Gasteiger partial charge in [-0.3, -0.25) is 25.0 Å². The highest BCUT2D eigenvalue weighted by atomic mass is 16.8. The van der Waals surface area contributed by atoms with Crippen LogP contribution in [0.3, 0.4) is 0 Å². The number of nitrogens with zero attached hydrogens (tertiary/aromatic N) is 4. The summed E-state index contributed by atoms with van der Waals surface area (Å²) in [6.45, 7) is 5.89. The fraction of sp³-hybridized carbons (Fsp3) is 0.409. The monoisotopic (exact) mass is 467 g/mol. The minimum atomic E-state index is -0.873. The second-order valence-electron chi connectivity index (χ2n) is 8.40. The fourth-order valence-corrected chi connectivity index (χ4v) is 4.19. The van der Waals surface area contributed by atoms with Gasteiger partial charge < -0.3 is 19.5 Å². The molecular formula is C22H25N7O5. The van der Waals surface area contributed by atoms with Crippen LogP contribution in [0.4, 0.5) is 5.82 Å². The van der Waals surface area contributed by atoms with Crippen molar-refractivity contribution in [3.05, 3.63) is 48.5 Å². The lowest BCUT2D eigenvalue weighted by atomic mass is 10.1. The molecule has 0 bridgehead atoms. The molecule has 4 atom stereocenters. The average Bonchev–Trinajstić information content (AvgIpc) is 3.48. The zero-order valence-electron chi connectivity index (χ0n) is 18.9. The molecule has 0 spiro atoms. The van der Waals surface area contributed by atoms with Gasteiger partial charge in [0.2, 0.25) is 0 Å². The van der Waals surface area contributed by atoms with Crippen molar-refractivity contribution < 1.29 is 23.8 Å². The van der Waals surface area contributed by atoms with E-state index in [9.17, 15) is 9.59 Å². The molecule has 0 radical (unpaired) electrons. The number of carbonyl (C=O) groups excluding carboxylic acids is 2. The minimum absolute atomic E-state index is 0.272. The quantitative estimate of drug-likeness (QED) is 0.455. The van der Waals surface area contributed by atoms with Crippen LogP contribution in [-0.4, -0.2) is 62.0 Å². The molecule has 2 fully saturated rings. The number of aromatic nitrogens is 4. The number of anilines is 1. The number of ether oxygens (including phenoxy) is 3. The van der Waals surface area contributed by atoms with Crippen LogP contribution in [0.15, 0.2) is 43.0 Å². The Bertz CT molecular complexity index is 1210. The second kappa shape index (κ2) is 8.63. The number of hydrazine groups is 1. The van der Waals surface area contributed by atoms with Gasteiger partial charge in [0.25, 0.3) is 11.8 Å². The molecule has 1 aromatic carbocycles. The van der Waals surface area contributed by atoms with Crippen molar-refractivity contribution in [3.8, 4) is 0 Å². The highest BCUT2D eigenvalue weighted by Crippen LogP contribution is 2.43. The van der Waals surface area contributed by atoms with E-state index in [4.69, 9.17) is 14.2 Å². The maximum atomic E-state index is 12.6. The van der Waals surface area contributed by atoms with Crippen molar-refractivity contribution in [2.45, 2.75) is 51.1 Å². The molecule has 5 rings (SSSR count). The molecule has 4 heterocycles. The van der Waals surface area contributed by atoms with Gasteiger partial charge in [-0.2, -0.15) is 0 Å². The Morgan fingerprint density at radius 1 is 1.09 bits per heavy atom. The summed E-state index contributed by atoms with van der Waals surface area (Å²) in [5, 5.41) is 2.78. The maximum absolute atomic E-state index is 12.6. The summed E-state index contributed by atoms with van der Waals surface area (Å²) >= 11 is 0. The smallest absolute Gasteiger partial charge is 0.269 e. The van der Waals surface area contributed by atoms with E-state index < -0.39 is 30.3 Å². The van der Waals surface area contributed by atoms with Gasteiger partial charge in [-0.1, -0.05) is 18.2 Å². The van der Waals surface area contributed by atoms with E-state index in [1.165, 1.54) is 6.33 Å². The summed E-state index contributed by atoms with van der Waals surface area (Å²) in [6, 6.07) is 8.78. The van der Waals surface area contributed by atoms with Crippen LogP contribution in [0.25, 0.3) is 11.2 Å². The molecule has 3 N–H and O–H groups in total. The van der Waals surface area contributed by atoms with E-state index in [1.54, 1.807) is 49.0 Å². The SMILES string of the molecule is CCNC(=O)[C@H]1O[C@@H](n2cnc3c(NNC(=O)c4ccccc4)ncnc32)[C@@H]2OC(C)(C)O[C@@H]21. The first-order valence-electron chi connectivity index (χ1n) is 11.0. The van der Waals surface area contributed by atoms with Crippen molar-refractivity contribution in [1.29, 1.82) is 0 Å². The Labute approximate surface area is 195 Å². The lowest BCUT2D eigenvalue weighted by Crippen LogP contribution is -2.42. The number of imidazole rings is 1. The third kappa shape index (κ3) is 3.95. The zero-order chi connectivity index (χ0) is 23.9. The molecule has 2 saturated heterocycles. The van der Waals surface area contributed by atoms with Gasteiger partial charge in [0.05, 0.1) is 6.33 Å². The van der Waals surface area contributed by atoms with Crippen molar-refractivity contribution >= 4 is 28.8 Å². The van der Waals surface area contributed by atoms with Crippen LogP contribution >= 0.6 is 0 Å². The second-order valence-corrected chi connectivity index (χ2v) is 8.40. The Morgan fingerprint density at radius 3 is 2.62 bits per heavy atom. The number of hydrogen-bond donors (Lipinski definition) is 3. The summed E-state index contributed by atoms with van der Waals surface area (Å²) in [7, 11) is 0. The summed E-state index contributed by atoms with van der Waals surface area (Å²) < 4.78 is 19.9. The molecule has 2 aliphatic rings. The molecule has 2 aliphatic heterocycles. The molecule has 0 aliphatic carbocycles. The molecule has 2 amide bonds. The predicted octanol–water partition coefficient (Wildman–Crippen LogP) is 1.14. The topological polar surface area (TPSA) is 142 Å². The van der Waals surface area contributed by atoms with Crippen molar-refractivity contribution in [3.63, 3.8) is 0 Å². The number of hydrogen-bond acceptors (Lipinski definition) is 9. The molecular weight excluding hydrogens is 442 g/mol. The summed E-state index contributed by atoms with van der Waals surface area (Å²) in [4.78, 5) is 38.0. The lowest BCUT2D eigenvalue weighted by Gasteiger charge is -2.24. The molecule has 12 heteroatoms. The van der Waals surface area contributed by atoms with Crippen LogP contribution in [0.2, 0.25) is 0 Å². The normalized spacial score (nSPS) is 25.1. The molecule has 0 saturated carbocycles. The number of rotatable bonds is 6. The zero-order valence-corrected chi connectivity index (χ0v) is 18.9. The summed E-state index contributed by atoms with van der Waals surface area (Å²) in [6.07, 6.45) is 0.198. The molecule has 178 valence electrons. The summed E-state index contributed by atoms with van der Waals surface area (Å²) in [5.74, 6) is -1.16. The first-order valence-corrected chi connectivity index (χ1v) is 11.0. The number of nitrogens with one attached hydrogen (secondary N) is 3. The third-order valence-corrected chi connectivity index (χ3v) is 5.60. The van der Waals surface area contributed by atoms with Crippen LogP contribution in [0, 0.1) is 0 Å². The van der Waals surface area contributed by atoms with Crippen LogP contribution in [0.1, 0.15) is 37.4 Å². The number of amides is 2. The fourth-order valence-electron chi connectivity index (χ4n) is 4.19. The van der Waals surface area contributed by atoms with Gasteiger partial charge in [-0.05, 0) is 32.9 Å². The standard InChI is InChI=1S/C22H25N7O5/c1-4-23-20(31)15-14-16(34-22(2,3)33-14)21(32-15)29-11-26-13-17(24-10-25-18(13)29)27-28-19(30)12-8-6-5-7-9-12/h5-11,14-16,21H,4H2,1-3H3,(H,23,31)(H,28,30)(H,24,25,27)/t14-,15+,16-,21-/m1/s1. The third-order valence-electron chi connectivity index (χ3n) is 5.60. The van der Waals surface area contributed by atoms with Crippen molar-refractivity contribution in [2.75, 3.05) is 12.0 Å². The van der Waals surface area contributed by atoms with Gasteiger partial charge in [0.1, 0.15) is 18.5 Å². The number of carbonyl (C=O) groups is 2. The highest BCUT2D eigenvalue weighted by molar-refractivity contribution is 5.95. The van der Waals surface area contributed by atoms with E-state index in [-0.39, 0.29) is 11.8 Å². The van der Waals surface area contributed by atoms with E-state index in [2.05, 4.69) is 31.1 Å². The van der Waals surface area contributed by atoms with Crippen LogP contribution in [0.5, 0.6) is 0 Å². The van der Waals surface area contributed by atoms with Gasteiger partial charge >= 0.3 is 0 Å². The van der Waals surface area contributed by atoms with Crippen molar-refractivity contribution in [2.24, 2.45) is 0 Å². The van der Waals surface area contributed by atoms with E-state index in [1.807, 2.05) is 13.0 Å². The molecule has 0 unspecified atom stereocenters. The van der Waals surface area contributed by atoms with Gasteiger partial charge in [-0.15, -0.1) is 0 Å². The number of benzene rings is 1. The molecule has 12 nitrogen and oxygen atoms in total. The first-order chi connectivity index (χ1) is 16.4. The molecule has 34 heavy (non-hydrogen) atoms. The lowest BCUT2D eigenvalue weighted by molar-refractivity contribution is -0.197. The average molecular weight is 467 g/mol. The Hall–Kier alpha value is -3.61. The Kier molecular flexibility index (Phi) is 5.63. The van der Waals surface area contributed by atoms with Gasteiger partial charge in [0.15, 0.2) is 35.1 Å². The van der Waals surface area contributed by atoms with Gasteiger partial charge in [-0.25, -0.2) is 15.0 Å². The molecule has 3 aromatic rings. The number of likely N-dealkylation sites (N-methyl/N-ethyl adjacent to an activating group) is 1. The largest absolute Gasteiger partial charge is 0.354 e. The van der Waals surface area contributed by atoms with E-state index in [0.717, 1.165) is 0 Å². The van der Waals surface area contributed by atoms with Crippen LogP contribution in [-0.2, 0) is 19.0 Å². The summed E-state index contributed by atoms with van der Waals surface area (Å²) in [5.41, 5.74) is 6.77. The van der Waals surface area contributed by atoms with Crippen LogP contribution < -0.4 is 16.2 Å². The Morgan fingerprint density at radius 2 is 1.85 bits per heavy atom. The van der Waals surface area contributed by atoms with E-state index >= 15 is 0 Å². The molecule has 2 aromatic heterocycles. The maximum Gasteiger partial charge on any atom is 0.269 e. The van der Waals surface area contributed by atoms with Gasteiger partial charge in [0, 0.05) is 12.1 Å².